The number of amides is 1. The van der Waals surface area contributed by atoms with Crippen molar-refractivity contribution in [1.29, 1.82) is 0 Å². The molecule has 2 aromatic carbocycles. The zero-order chi connectivity index (χ0) is 20.9. The minimum atomic E-state index is 0.192. The second-order valence-corrected chi connectivity index (χ2v) is 8.98. The van der Waals surface area contributed by atoms with Gasteiger partial charge in [0.25, 0.3) is 0 Å². The van der Waals surface area contributed by atoms with E-state index < -0.39 is 0 Å². The molecule has 0 aliphatic carbocycles. The molecule has 0 N–H and O–H groups in total. The highest BCUT2D eigenvalue weighted by Crippen LogP contribution is 2.28. The van der Waals surface area contributed by atoms with Gasteiger partial charge in [-0.05, 0) is 35.3 Å². The topological polar surface area (TPSA) is 51.0 Å². The van der Waals surface area contributed by atoms with Crippen molar-refractivity contribution in [2.75, 3.05) is 18.8 Å². The summed E-state index contributed by atoms with van der Waals surface area (Å²) >= 11 is 1.70. The Morgan fingerprint density at radius 3 is 2.53 bits per heavy atom. The number of carbonyl (C=O) groups excluding carboxylic acids is 1. The quantitative estimate of drug-likeness (QED) is 0.549. The lowest BCUT2D eigenvalue weighted by molar-refractivity contribution is -0.131. The summed E-state index contributed by atoms with van der Waals surface area (Å²) in [5.74, 6) is 2.42. The van der Waals surface area contributed by atoms with E-state index in [0.29, 0.717) is 6.42 Å². The number of aromatic nitrogens is 3. The first-order valence-corrected chi connectivity index (χ1v) is 11.6. The Bertz CT molecular complexity index is 984. The normalized spacial score (nSPS) is 16.6. The van der Waals surface area contributed by atoms with E-state index in [-0.39, 0.29) is 11.8 Å². The van der Waals surface area contributed by atoms with Crippen LogP contribution in [0.15, 0.2) is 59.8 Å². The van der Waals surface area contributed by atoms with Crippen LogP contribution in [-0.2, 0) is 18.3 Å². The van der Waals surface area contributed by atoms with Crippen LogP contribution < -0.4 is 0 Å². The third kappa shape index (κ3) is 4.59. The fraction of sp³-hybridized carbons (Fsp3) is 0.375. The molecule has 0 radical (unpaired) electrons. The van der Waals surface area contributed by atoms with Gasteiger partial charge >= 0.3 is 0 Å². The molecule has 2 heterocycles. The van der Waals surface area contributed by atoms with Gasteiger partial charge in [-0.25, -0.2) is 0 Å². The van der Waals surface area contributed by atoms with Gasteiger partial charge in [0.2, 0.25) is 5.91 Å². The zero-order valence-corrected chi connectivity index (χ0v) is 18.4. The molecule has 1 amide bonds. The van der Waals surface area contributed by atoms with E-state index in [9.17, 15) is 4.79 Å². The lowest BCUT2D eigenvalue weighted by atomic mass is 9.96. The summed E-state index contributed by atoms with van der Waals surface area (Å²) in [6, 6.07) is 18.6. The molecule has 0 unspecified atom stereocenters. The van der Waals surface area contributed by atoms with Gasteiger partial charge in [-0.15, -0.1) is 10.2 Å². The van der Waals surface area contributed by atoms with E-state index in [1.165, 1.54) is 11.1 Å². The molecular weight excluding hydrogens is 392 g/mol. The fourth-order valence-electron chi connectivity index (χ4n) is 4.08. The van der Waals surface area contributed by atoms with Gasteiger partial charge in [0.05, 0.1) is 6.42 Å². The molecule has 1 fully saturated rings. The zero-order valence-electron chi connectivity index (χ0n) is 17.6. The smallest absolute Gasteiger partial charge is 0.227 e. The fourth-order valence-corrected chi connectivity index (χ4v) is 4.73. The first-order chi connectivity index (χ1) is 14.7. The molecule has 0 bridgehead atoms. The molecule has 156 valence electrons. The van der Waals surface area contributed by atoms with Gasteiger partial charge in [0, 0.05) is 26.1 Å². The van der Waals surface area contributed by atoms with Crippen LogP contribution in [0.5, 0.6) is 0 Å². The average Bonchev–Trinajstić information content (AvgIpc) is 3.15. The van der Waals surface area contributed by atoms with Crippen molar-refractivity contribution in [2.24, 2.45) is 7.05 Å². The standard InChI is InChI=1S/C24H28N4OS/c1-3-30-24-26-25-23(27(24)2)21-10-7-15-28(17-21)22(29)16-18-11-13-20(14-12-18)19-8-5-4-6-9-19/h4-6,8-9,11-14,21H,3,7,10,15-17H2,1-2H3/t21-/m0/s1. The average molecular weight is 421 g/mol. The van der Waals surface area contributed by atoms with Gasteiger partial charge in [0.15, 0.2) is 5.16 Å². The monoisotopic (exact) mass is 420 g/mol. The van der Waals surface area contributed by atoms with Gasteiger partial charge in [-0.1, -0.05) is 73.3 Å². The van der Waals surface area contributed by atoms with Crippen LogP contribution in [0.2, 0.25) is 0 Å². The minimum Gasteiger partial charge on any atom is -0.342 e. The van der Waals surface area contributed by atoms with Gasteiger partial charge in [0.1, 0.15) is 5.82 Å². The van der Waals surface area contributed by atoms with Crippen molar-refractivity contribution in [2.45, 2.75) is 37.3 Å². The Hall–Kier alpha value is -2.60. The van der Waals surface area contributed by atoms with E-state index in [1.807, 2.05) is 30.1 Å². The third-order valence-electron chi connectivity index (χ3n) is 5.70. The maximum atomic E-state index is 13.0. The predicted octanol–water partition coefficient (Wildman–Crippen LogP) is 4.54. The largest absolute Gasteiger partial charge is 0.342 e. The number of thioether (sulfide) groups is 1. The summed E-state index contributed by atoms with van der Waals surface area (Å²) in [5, 5.41) is 9.71. The van der Waals surface area contributed by atoms with Gasteiger partial charge in [-0.2, -0.15) is 0 Å². The Morgan fingerprint density at radius 2 is 1.80 bits per heavy atom. The number of carbonyl (C=O) groups is 1. The first-order valence-electron chi connectivity index (χ1n) is 10.6. The van der Waals surface area contributed by atoms with Crippen LogP contribution >= 0.6 is 11.8 Å². The molecule has 30 heavy (non-hydrogen) atoms. The molecule has 6 heteroatoms. The van der Waals surface area contributed by atoms with Crippen LogP contribution in [0.4, 0.5) is 0 Å². The van der Waals surface area contributed by atoms with E-state index in [1.54, 1.807) is 11.8 Å². The molecule has 1 atom stereocenters. The van der Waals surface area contributed by atoms with Crippen LogP contribution in [0.3, 0.4) is 0 Å². The van der Waals surface area contributed by atoms with E-state index in [0.717, 1.165) is 48.2 Å². The number of hydrogen-bond donors (Lipinski definition) is 0. The van der Waals surface area contributed by atoms with Crippen molar-refractivity contribution in [1.82, 2.24) is 19.7 Å². The van der Waals surface area contributed by atoms with E-state index >= 15 is 0 Å². The van der Waals surface area contributed by atoms with Crippen molar-refractivity contribution in [3.8, 4) is 11.1 Å². The highest BCUT2D eigenvalue weighted by molar-refractivity contribution is 7.99. The summed E-state index contributed by atoms with van der Waals surface area (Å²) in [6.07, 6.45) is 2.50. The number of likely N-dealkylation sites (tertiary alicyclic amines) is 1. The molecule has 1 aromatic heterocycles. The lowest BCUT2D eigenvalue weighted by Crippen LogP contribution is -2.40. The summed E-state index contributed by atoms with van der Waals surface area (Å²) in [4.78, 5) is 15.0. The number of nitrogens with zero attached hydrogens (tertiary/aromatic N) is 4. The summed E-state index contributed by atoms with van der Waals surface area (Å²) in [6.45, 7) is 3.67. The van der Waals surface area contributed by atoms with Gasteiger partial charge in [-0.3, -0.25) is 4.79 Å². The Kier molecular flexibility index (Phi) is 6.53. The summed E-state index contributed by atoms with van der Waals surface area (Å²) < 4.78 is 2.09. The second kappa shape index (κ2) is 9.47. The van der Waals surface area contributed by atoms with Crippen molar-refractivity contribution >= 4 is 17.7 Å². The van der Waals surface area contributed by atoms with Crippen molar-refractivity contribution in [3.05, 3.63) is 66.0 Å². The van der Waals surface area contributed by atoms with Crippen molar-refractivity contribution in [3.63, 3.8) is 0 Å². The molecule has 1 aliphatic rings. The Morgan fingerprint density at radius 1 is 1.07 bits per heavy atom. The third-order valence-corrected chi connectivity index (χ3v) is 6.60. The predicted molar refractivity (Wildman–Crippen MR) is 122 cm³/mol. The maximum Gasteiger partial charge on any atom is 0.227 e. The first kappa shape index (κ1) is 20.7. The highest BCUT2D eigenvalue weighted by Gasteiger charge is 2.28. The minimum absolute atomic E-state index is 0.192. The van der Waals surface area contributed by atoms with E-state index in [4.69, 9.17) is 0 Å². The van der Waals surface area contributed by atoms with Crippen LogP contribution in [0.1, 0.15) is 37.1 Å². The van der Waals surface area contributed by atoms with Crippen LogP contribution in [0.25, 0.3) is 11.1 Å². The van der Waals surface area contributed by atoms with Crippen LogP contribution in [-0.4, -0.2) is 44.4 Å². The summed E-state index contributed by atoms with van der Waals surface area (Å²) in [7, 11) is 2.03. The SMILES string of the molecule is CCSc1nnc([C@H]2CCCN(C(=O)Cc3ccc(-c4ccccc4)cc3)C2)n1C. The van der Waals surface area contributed by atoms with E-state index in [2.05, 4.69) is 58.1 Å². The number of hydrogen-bond acceptors (Lipinski definition) is 4. The van der Waals surface area contributed by atoms with Crippen LogP contribution in [0, 0.1) is 0 Å². The number of rotatable bonds is 6. The number of piperidine rings is 1. The lowest BCUT2D eigenvalue weighted by Gasteiger charge is -2.32. The molecule has 1 saturated heterocycles. The second-order valence-electron chi connectivity index (χ2n) is 7.75. The molecule has 5 nitrogen and oxygen atoms in total. The highest BCUT2D eigenvalue weighted by atomic mass is 32.2. The van der Waals surface area contributed by atoms with Gasteiger partial charge < -0.3 is 9.47 Å². The molecule has 0 saturated carbocycles. The molecular formula is C24H28N4OS. The Balaban J connectivity index is 1.40. The molecule has 3 aromatic rings. The molecule has 0 spiro atoms. The molecule has 4 rings (SSSR count). The van der Waals surface area contributed by atoms with Crippen molar-refractivity contribution < 1.29 is 4.79 Å². The Labute approximate surface area is 182 Å². The summed E-state index contributed by atoms with van der Waals surface area (Å²) in [5.41, 5.74) is 3.42. The maximum absolute atomic E-state index is 13.0. The number of benzene rings is 2. The molecule has 1 aliphatic heterocycles.